The van der Waals surface area contributed by atoms with Crippen LogP contribution in [-0.4, -0.2) is 24.1 Å². The number of ether oxygens (including phenoxy) is 1. The van der Waals surface area contributed by atoms with Gasteiger partial charge in [0.25, 0.3) is 5.91 Å². The fourth-order valence-electron chi connectivity index (χ4n) is 1.44. The Labute approximate surface area is 131 Å². The van der Waals surface area contributed by atoms with Gasteiger partial charge in [-0.2, -0.15) is 0 Å². The zero-order chi connectivity index (χ0) is 14.6. The first kappa shape index (κ1) is 19.0. The molecule has 20 heavy (non-hydrogen) atoms. The van der Waals surface area contributed by atoms with Gasteiger partial charge in [-0.15, -0.1) is 12.4 Å². The maximum absolute atomic E-state index is 12.1. The maximum Gasteiger partial charge on any atom is 0.255 e. The number of halogens is 2. The van der Waals surface area contributed by atoms with E-state index in [1.165, 1.54) is 0 Å². The van der Waals surface area contributed by atoms with Gasteiger partial charge in [-0.25, -0.2) is 0 Å². The second-order valence-corrected chi connectivity index (χ2v) is 5.91. The van der Waals surface area contributed by atoms with Gasteiger partial charge in [0.05, 0.1) is 11.7 Å². The lowest BCUT2D eigenvalue weighted by atomic mass is 10.1. The number of nitrogens with one attached hydrogen (secondary N) is 1. The third-order valence-corrected chi connectivity index (χ3v) is 2.49. The fraction of sp³-hybridized carbons (Fsp3) is 0.500. The molecule has 0 aromatic heterocycles. The van der Waals surface area contributed by atoms with E-state index in [0.29, 0.717) is 22.9 Å². The van der Waals surface area contributed by atoms with Crippen molar-refractivity contribution in [3.05, 3.63) is 28.8 Å². The summed E-state index contributed by atoms with van der Waals surface area (Å²) < 4.78 is 5.60. The van der Waals surface area contributed by atoms with E-state index in [0.717, 1.165) is 0 Å². The molecule has 0 aliphatic carbocycles. The maximum atomic E-state index is 12.1. The molecule has 1 rings (SSSR count). The molecule has 0 radical (unpaired) electrons. The van der Waals surface area contributed by atoms with Crippen molar-refractivity contribution in [1.82, 2.24) is 5.32 Å². The second kappa shape index (κ2) is 7.72. The van der Waals surface area contributed by atoms with Crippen molar-refractivity contribution in [3.8, 4) is 5.75 Å². The molecule has 6 heteroatoms. The van der Waals surface area contributed by atoms with E-state index >= 15 is 0 Å². The van der Waals surface area contributed by atoms with Crippen LogP contribution >= 0.6 is 24.0 Å². The van der Waals surface area contributed by atoms with Gasteiger partial charge in [0.1, 0.15) is 5.75 Å². The van der Waals surface area contributed by atoms with Gasteiger partial charge in [-0.1, -0.05) is 11.6 Å². The Kier molecular flexibility index (Phi) is 7.34. The van der Waals surface area contributed by atoms with E-state index in [-0.39, 0.29) is 24.4 Å². The van der Waals surface area contributed by atoms with Crippen LogP contribution in [0, 0.1) is 0 Å². The molecule has 1 aromatic rings. The van der Waals surface area contributed by atoms with Gasteiger partial charge < -0.3 is 15.8 Å². The minimum Gasteiger partial charge on any atom is -0.490 e. The molecule has 0 saturated carbocycles. The quantitative estimate of drug-likeness (QED) is 0.876. The highest BCUT2D eigenvalue weighted by Crippen LogP contribution is 2.24. The number of hydrogen-bond donors (Lipinski definition) is 2. The first-order valence-corrected chi connectivity index (χ1v) is 6.60. The zero-order valence-electron chi connectivity index (χ0n) is 12.2. The summed E-state index contributed by atoms with van der Waals surface area (Å²) in [4.78, 5) is 12.1. The summed E-state index contributed by atoms with van der Waals surface area (Å²) in [5.41, 5.74) is 5.80. The number of carbonyl (C=O) groups excluding carboxylic acids is 1. The molecule has 0 atom stereocenters. The Morgan fingerprint density at radius 2 is 2.05 bits per heavy atom. The molecule has 0 aliphatic rings. The van der Waals surface area contributed by atoms with E-state index in [1.807, 2.05) is 27.7 Å². The molecule has 1 aromatic carbocycles. The summed E-state index contributed by atoms with van der Waals surface area (Å²) in [7, 11) is 0. The normalized spacial score (nSPS) is 10.9. The molecule has 1 amide bonds. The lowest BCUT2D eigenvalue weighted by molar-refractivity contribution is 0.0940. The standard InChI is InChI=1S/C14H21ClN2O2.ClH/c1-9(2)19-12-6-5-10(15)7-11(12)13(18)17-8-14(3,4)16;/h5-7,9H,8,16H2,1-4H3,(H,17,18);1H. The van der Waals surface area contributed by atoms with Gasteiger partial charge in [0, 0.05) is 17.1 Å². The van der Waals surface area contributed by atoms with Gasteiger partial charge >= 0.3 is 0 Å². The summed E-state index contributed by atoms with van der Waals surface area (Å²) in [5.74, 6) is 0.281. The van der Waals surface area contributed by atoms with Gasteiger partial charge in [-0.05, 0) is 45.9 Å². The highest BCUT2D eigenvalue weighted by molar-refractivity contribution is 6.31. The Morgan fingerprint density at radius 3 is 2.55 bits per heavy atom. The molecule has 0 spiro atoms. The first-order valence-electron chi connectivity index (χ1n) is 6.22. The van der Waals surface area contributed by atoms with Crippen LogP contribution in [0.2, 0.25) is 5.02 Å². The van der Waals surface area contributed by atoms with Crippen molar-refractivity contribution in [2.45, 2.75) is 39.3 Å². The van der Waals surface area contributed by atoms with E-state index in [1.54, 1.807) is 18.2 Å². The van der Waals surface area contributed by atoms with Crippen LogP contribution in [0.5, 0.6) is 5.75 Å². The summed E-state index contributed by atoms with van der Waals surface area (Å²) in [6.07, 6.45) is -0.0151. The Hall–Kier alpha value is -0.970. The molecule has 0 aliphatic heterocycles. The molecular formula is C14H22Cl2N2O2. The number of nitrogens with two attached hydrogens (primary N) is 1. The van der Waals surface area contributed by atoms with Crippen LogP contribution in [0.25, 0.3) is 0 Å². The molecule has 3 N–H and O–H groups in total. The Morgan fingerprint density at radius 1 is 1.45 bits per heavy atom. The van der Waals surface area contributed by atoms with Crippen LogP contribution in [0.3, 0.4) is 0 Å². The van der Waals surface area contributed by atoms with E-state index in [9.17, 15) is 4.79 Å². The van der Waals surface area contributed by atoms with Gasteiger partial charge in [0.2, 0.25) is 0 Å². The van der Waals surface area contributed by atoms with Gasteiger partial charge in [0.15, 0.2) is 0 Å². The van der Waals surface area contributed by atoms with Crippen molar-refractivity contribution < 1.29 is 9.53 Å². The Balaban J connectivity index is 0.00000361. The predicted molar refractivity (Wildman–Crippen MR) is 85.1 cm³/mol. The van der Waals surface area contributed by atoms with Crippen molar-refractivity contribution in [2.75, 3.05) is 6.54 Å². The van der Waals surface area contributed by atoms with Crippen LogP contribution in [0.1, 0.15) is 38.1 Å². The van der Waals surface area contributed by atoms with E-state index in [4.69, 9.17) is 22.1 Å². The van der Waals surface area contributed by atoms with Crippen molar-refractivity contribution in [1.29, 1.82) is 0 Å². The molecule has 0 saturated heterocycles. The van der Waals surface area contributed by atoms with Crippen molar-refractivity contribution >= 4 is 29.9 Å². The third-order valence-electron chi connectivity index (χ3n) is 2.25. The average Bonchev–Trinajstić information content (AvgIpc) is 2.27. The second-order valence-electron chi connectivity index (χ2n) is 5.48. The van der Waals surface area contributed by atoms with Gasteiger partial charge in [-0.3, -0.25) is 4.79 Å². The van der Waals surface area contributed by atoms with Crippen LogP contribution < -0.4 is 15.8 Å². The number of benzene rings is 1. The van der Waals surface area contributed by atoms with Crippen LogP contribution in [-0.2, 0) is 0 Å². The lowest BCUT2D eigenvalue weighted by Crippen LogP contribution is -2.45. The third kappa shape index (κ3) is 6.46. The van der Waals surface area contributed by atoms with E-state index in [2.05, 4.69) is 5.32 Å². The van der Waals surface area contributed by atoms with Crippen LogP contribution in [0.15, 0.2) is 18.2 Å². The largest absolute Gasteiger partial charge is 0.490 e. The molecule has 0 unspecified atom stereocenters. The monoisotopic (exact) mass is 320 g/mol. The molecule has 4 nitrogen and oxygen atoms in total. The summed E-state index contributed by atoms with van der Waals surface area (Å²) in [5, 5.41) is 3.27. The summed E-state index contributed by atoms with van der Waals surface area (Å²) in [6.45, 7) is 7.87. The summed E-state index contributed by atoms with van der Waals surface area (Å²) >= 11 is 5.93. The lowest BCUT2D eigenvalue weighted by Gasteiger charge is -2.20. The fourth-order valence-corrected chi connectivity index (χ4v) is 1.61. The first-order chi connectivity index (χ1) is 8.69. The molecule has 114 valence electrons. The minimum absolute atomic E-state index is 0. The number of carbonyl (C=O) groups is 1. The number of amides is 1. The highest BCUT2D eigenvalue weighted by atomic mass is 35.5. The zero-order valence-corrected chi connectivity index (χ0v) is 13.8. The van der Waals surface area contributed by atoms with E-state index < -0.39 is 5.54 Å². The number of rotatable bonds is 5. The topological polar surface area (TPSA) is 64.3 Å². The van der Waals surface area contributed by atoms with Crippen molar-refractivity contribution in [2.24, 2.45) is 5.73 Å². The summed E-state index contributed by atoms with van der Waals surface area (Å²) in [6, 6.07) is 4.99. The Bertz CT molecular complexity index is 457. The smallest absolute Gasteiger partial charge is 0.255 e. The highest BCUT2D eigenvalue weighted by Gasteiger charge is 2.17. The number of hydrogen-bond acceptors (Lipinski definition) is 3. The molecule has 0 heterocycles. The van der Waals surface area contributed by atoms with Crippen molar-refractivity contribution in [3.63, 3.8) is 0 Å². The molecule has 0 bridgehead atoms. The minimum atomic E-state index is -0.465. The average molecular weight is 321 g/mol. The molecular weight excluding hydrogens is 299 g/mol. The molecule has 0 fully saturated rings. The predicted octanol–water partition coefficient (Wildman–Crippen LogP) is 3.02. The SMILES string of the molecule is CC(C)Oc1ccc(Cl)cc1C(=O)NCC(C)(C)N.Cl. The van der Waals surface area contributed by atoms with Crippen LogP contribution in [0.4, 0.5) is 0 Å².